The third-order valence-electron chi connectivity index (χ3n) is 5.39. The summed E-state index contributed by atoms with van der Waals surface area (Å²) < 4.78 is 1.88. The molecule has 4 rings (SSSR count). The Balaban J connectivity index is 1.47. The summed E-state index contributed by atoms with van der Waals surface area (Å²) in [6.07, 6.45) is 8.47. The number of rotatable bonds is 4. The topological polar surface area (TPSA) is 59.8 Å². The molecular weight excluding hydrogens is 336 g/mol. The van der Waals surface area contributed by atoms with Gasteiger partial charge in [-0.05, 0) is 36.6 Å². The van der Waals surface area contributed by atoms with Crippen molar-refractivity contribution in [3.05, 3.63) is 59.7 Å². The number of nitrogens with one attached hydrogen (secondary N) is 1. The normalized spacial score (nSPS) is 16.0. The molecule has 1 aliphatic rings. The van der Waals surface area contributed by atoms with Crippen molar-refractivity contribution in [2.75, 3.05) is 0 Å². The molecule has 1 saturated carbocycles. The summed E-state index contributed by atoms with van der Waals surface area (Å²) in [5, 5.41) is 11.7. The molecule has 1 heterocycles. The molecule has 0 aliphatic heterocycles. The van der Waals surface area contributed by atoms with Gasteiger partial charge in [-0.25, -0.2) is 4.68 Å². The Morgan fingerprint density at radius 2 is 1.74 bits per heavy atom. The fourth-order valence-corrected chi connectivity index (χ4v) is 3.86. The number of amides is 1. The molecular formula is C22H26N4O. The summed E-state index contributed by atoms with van der Waals surface area (Å²) in [4.78, 5) is 12.7. The Morgan fingerprint density at radius 3 is 2.52 bits per heavy atom. The molecule has 1 N–H and O–H groups in total. The van der Waals surface area contributed by atoms with Gasteiger partial charge in [0.1, 0.15) is 5.52 Å². The number of nitrogens with zero attached hydrogens (tertiary/aromatic N) is 3. The average Bonchev–Trinajstić information content (AvgIpc) is 3.06. The van der Waals surface area contributed by atoms with Crippen LogP contribution in [0.25, 0.3) is 11.0 Å². The first-order chi connectivity index (χ1) is 13.3. The fraction of sp³-hybridized carbons (Fsp3) is 0.409. The lowest BCUT2D eigenvalue weighted by Gasteiger charge is -2.21. The molecule has 1 aromatic heterocycles. The molecule has 140 valence electrons. The molecule has 2 aromatic carbocycles. The summed E-state index contributed by atoms with van der Waals surface area (Å²) in [5.41, 5.74) is 3.55. The molecule has 1 amide bonds. The van der Waals surface area contributed by atoms with Crippen molar-refractivity contribution >= 4 is 16.9 Å². The maximum atomic E-state index is 12.7. The predicted octanol–water partition coefficient (Wildman–Crippen LogP) is 4.32. The summed E-state index contributed by atoms with van der Waals surface area (Å²) in [7, 11) is 0. The highest BCUT2D eigenvalue weighted by atomic mass is 16.1. The molecule has 0 atom stereocenters. The summed E-state index contributed by atoms with van der Waals surface area (Å²) >= 11 is 0. The van der Waals surface area contributed by atoms with Gasteiger partial charge in [-0.2, -0.15) is 0 Å². The van der Waals surface area contributed by atoms with E-state index in [-0.39, 0.29) is 5.91 Å². The number of carbonyl (C=O) groups excluding carboxylic acids is 1. The SMILES string of the molecule is O=C(NC1CCCCCCC1)c1ccc2c(c1)nnn2Cc1ccccc1. The highest BCUT2D eigenvalue weighted by molar-refractivity contribution is 5.97. The van der Waals surface area contributed by atoms with Crippen LogP contribution in [0.15, 0.2) is 48.5 Å². The Kier molecular flexibility index (Phi) is 5.47. The second-order valence-corrected chi connectivity index (χ2v) is 7.45. The average molecular weight is 362 g/mol. The van der Waals surface area contributed by atoms with Crippen molar-refractivity contribution < 1.29 is 4.79 Å². The van der Waals surface area contributed by atoms with Crippen LogP contribution in [0.2, 0.25) is 0 Å². The zero-order valence-electron chi connectivity index (χ0n) is 15.6. The lowest BCUT2D eigenvalue weighted by Crippen LogP contribution is -2.35. The van der Waals surface area contributed by atoms with Crippen molar-refractivity contribution in [3.8, 4) is 0 Å². The van der Waals surface area contributed by atoms with Crippen LogP contribution in [0.4, 0.5) is 0 Å². The first-order valence-corrected chi connectivity index (χ1v) is 9.98. The number of benzene rings is 2. The molecule has 5 heteroatoms. The van der Waals surface area contributed by atoms with E-state index >= 15 is 0 Å². The minimum atomic E-state index is 0.0000767. The zero-order chi connectivity index (χ0) is 18.5. The van der Waals surface area contributed by atoms with Crippen LogP contribution in [0.1, 0.15) is 60.9 Å². The zero-order valence-corrected chi connectivity index (χ0v) is 15.6. The lowest BCUT2D eigenvalue weighted by atomic mass is 9.96. The monoisotopic (exact) mass is 362 g/mol. The van der Waals surface area contributed by atoms with E-state index in [9.17, 15) is 4.79 Å². The van der Waals surface area contributed by atoms with Crippen LogP contribution < -0.4 is 5.32 Å². The van der Waals surface area contributed by atoms with Gasteiger partial charge < -0.3 is 5.32 Å². The van der Waals surface area contributed by atoms with Crippen molar-refractivity contribution in [2.24, 2.45) is 0 Å². The Hall–Kier alpha value is -2.69. The number of fused-ring (bicyclic) bond motifs is 1. The van der Waals surface area contributed by atoms with Crippen LogP contribution in [0.5, 0.6) is 0 Å². The second-order valence-electron chi connectivity index (χ2n) is 7.45. The van der Waals surface area contributed by atoms with Crippen molar-refractivity contribution in [2.45, 2.75) is 57.5 Å². The van der Waals surface area contributed by atoms with Gasteiger partial charge in [0.25, 0.3) is 5.91 Å². The Morgan fingerprint density at radius 1 is 1.00 bits per heavy atom. The molecule has 3 aromatic rings. The number of carbonyl (C=O) groups is 1. The lowest BCUT2D eigenvalue weighted by molar-refractivity contribution is 0.0930. The molecule has 0 unspecified atom stereocenters. The van der Waals surface area contributed by atoms with Crippen LogP contribution in [0, 0.1) is 0 Å². The van der Waals surface area contributed by atoms with Gasteiger partial charge in [0, 0.05) is 11.6 Å². The molecule has 1 aliphatic carbocycles. The molecule has 1 fully saturated rings. The van der Waals surface area contributed by atoms with Crippen molar-refractivity contribution in [1.82, 2.24) is 20.3 Å². The van der Waals surface area contributed by atoms with Crippen molar-refractivity contribution in [1.29, 1.82) is 0 Å². The van der Waals surface area contributed by atoms with E-state index in [1.807, 2.05) is 41.1 Å². The molecule has 0 bridgehead atoms. The van der Waals surface area contributed by atoms with E-state index in [4.69, 9.17) is 0 Å². The number of hydrogen-bond acceptors (Lipinski definition) is 3. The van der Waals surface area contributed by atoms with E-state index in [2.05, 4.69) is 27.8 Å². The molecule has 0 radical (unpaired) electrons. The van der Waals surface area contributed by atoms with Gasteiger partial charge in [-0.3, -0.25) is 4.79 Å². The largest absolute Gasteiger partial charge is 0.349 e. The highest BCUT2D eigenvalue weighted by Crippen LogP contribution is 2.19. The first-order valence-electron chi connectivity index (χ1n) is 9.98. The third kappa shape index (κ3) is 4.35. The first kappa shape index (κ1) is 17.7. The van der Waals surface area contributed by atoms with E-state index in [0.717, 1.165) is 23.9 Å². The summed E-state index contributed by atoms with van der Waals surface area (Å²) in [6, 6.07) is 16.2. The molecule has 27 heavy (non-hydrogen) atoms. The predicted molar refractivity (Wildman–Crippen MR) is 107 cm³/mol. The Bertz CT molecular complexity index is 895. The third-order valence-corrected chi connectivity index (χ3v) is 5.39. The van der Waals surface area contributed by atoms with Gasteiger partial charge in [-0.15, -0.1) is 5.10 Å². The van der Waals surface area contributed by atoms with E-state index < -0.39 is 0 Å². The van der Waals surface area contributed by atoms with Crippen LogP contribution in [-0.4, -0.2) is 26.9 Å². The Labute approximate surface area is 159 Å². The maximum absolute atomic E-state index is 12.7. The van der Waals surface area contributed by atoms with E-state index in [0.29, 0.717) is 18.2 Å². The standard InChI is InChI=1S/C22H26N4O/c27-22(23-19-11-7-2-1-3-8-12-19)18-13-14-21-20(15-18)24-25-26(21)16-17-9-5-4-6-10-17/h4-6,9-10,13-15,19H,1-3,7-8,11-12,16H2,(H,23,27). The second kappa shape index (κ2) is 8.33. The molecule has 5 nitrogen and oxygen atoms in total. The minimum Gasteiger partial charge on any atom is -0.349 e. The molecule has 0 saturated heterocycles. The molecule has 0 spiro atoms. The van der Waals surface area contributed by atoms with Gasteiger partial charge >= 0.3 is 0 Å². The van der Waals surface area contributed by atoms with Crippen molar-refractivity contribution in [3.63, 3.8) is 0 Å². The minimum absolute atomic E-state index is 0.0000767. The van der Waals surface area contributed by atoms with Gasteiger partial charge in [-0.1, -0.05) is 67.6 Å². The highest BCUT2D eigenvalue weighted by Gasteiger charge is 2.16. The van der Waals surface area contributed by atoms with Crippen LogP contribution in [0.3, 0.4) is 0 Å². The summed E-state index contributed by atoms with van der Waals surface area (Å²) in [5.74, 6) is 0.0000767. The van der Waals surface area contributed by atoms with E-state index in [1.165, 1.54) is 37.7 Å². The van der Waals surface area contributed by atoms with Gasteiger partial charge in [0.2, 0.25) is 0 Å². The van der Waals surface area contributed by atoms with Crippen LogP contribution >= 0.6 is 0 Å². The fourth-order valence-electron chi connectivity index (χ4n) is 3.86. The number of aromatic nitrogens is 3. The van der Waals surface area contributed by atoms with Gasteiger partial charge in [0.05, 0.1) is 12.1 Å². The maximum Gasteiger partial charge on any atom is 0.251 e. The summed E-state index contributed by atoms with van der Waals surface area (Å²) in [6.45, 7) is 0.672. The smallest absolute Gasteiger partial charge is 0.251 e. The number of hydrogen-bond donors (Lipinski definition) is 1. The van der Waals surface area contributed by atoms with Gasteiger partial charge in [0.15, 0.2) is 0 Å². The quantitative estimate of drug-likeness (QED) is 0.752. The van der Waals surface area contributed by atoms with E-state index in [1.54, 1.807) is 0 Å². The van der Waals surface area contributed by atoms with Crippen LogP contribution in [-0.2, 0) is 6.54 Å².